The van der Waals surface area contributed by atoms with Gasteiger partial charge in [-0.2, -0.15) is 0 Å². The number of ether oxygens (including phenoxy) is 2. The molecule has 0 spiro atoms. The van der Waals surface area contributed by atoms with Crippen molar-refractivity contribution in [3.05, 3.63) is 130 Å². The molecule has 0 aromatic heterocycles. The molecule has 7 heteroatoms. The zero-order valence-electron chi connectivity index (χ0n) is 29.2. The van der Waals surface area contributed by atoms with E-state index in [1.165, 1.54) is 24.2 Å². The minimum Gasteiger partial charge on any atom is -0.392 e. The molecule has 50 heavy (non-hydrogen) atoms. The molecule has 8 rings (SSSR count). The van der Waals surface area contributed by atoms with Crippen molar-refractivity contribution in [1.82, 2.24) is 9.80 Å². The monoisotopic (exact) mass is 670 g/mol. The molecular weight excluding hydrogens is 624 g/mol. The van der Waals surface area contributed by atoms with Gasteiger partial charge >= 0.3 is 0 Å². The van der Waals surface area contributed by atoms with E-state index in [-0.39, 0.29) is 37.2 Å². The molecule has 0 radical (unpaired) electrons. The number of nitrogens with zero attached hydrogens (tertiary/aromatic N) is 2. The Morgan fingerprint density at radius 2 is 1.46 bits per heavy atom. The standard InChI is InChI=1S/C43H46N2O5/c1-42(2)21-34-22-43(3,26-42)27-44(34)24-35-20-38(31-13-11-28(25-46)12-14-31)50-41(49-35)32-17-15-30(16-18-32)33-8-6-7-29(19-33)23-45-39(47)36-9-4-5-10-37(36)40(45)48/h4-19,34-35,38,41,46H,20-27H2,1-3H3/t34?,35-,38+,41+,43?/m1/s1. The molecule has 2 bridgehead atoms. The summed E-state index contributed by atoms with van der Waals surface area (Å²) in [6.07, 6.45) is 3.90. The van der Waals surface area contributed by atoms with Crippen LogP contribution in [0.4, 0.5) is 0 Å². The first-order valence-corrected chi connectivity index (χ1v) is 18.0. The molecule has 3 heterocycles. The Labute approximate surface area is 294 Å². The van der Waals surface area contributed by atoms with E-state index in [9.17, 15) is 14.7 Å². The fourth-order valence-corrected chi connectivity index (χ4v) is 9.33. The number of aliphatic hydroxyl groups is 1. The third-order valence-corrected chi connectivity index (χ3v) is 11.2. The van der Waals surface area contributed by atoms with E-state index in [0.717, 1.165) is 52.9 Å². The van der Waals surface area contributed by atoms with Gasteiger partial charge in [-0.3, -0.25) is 19.4 Å². The van der Waals surface area contributed by atoms with Crippen molar-refractivity contribution in [3.63, 3.8) is 0 Å². The van der Waals surface area contributed by atoms with Crippen molar-refractivity contribution < 1.29 is 24.2 Å². The fraction of sp³-hybridized carbons (Fsp3) is 0.395. The smallest absolute Gasteiger partial charge is 0.261 e. The maximum atomic E-state index is 13.0. The summed E-state index contributed by atoms with van der Waals surface area (Å²) < 4.78 is 13.5. The second-order valence-corrected chi connectivity index (χ2v) is 16.1. The quantitative estimate of drug-likeness (QED) is 0.191. The summed E-state index contributed by atoms with van der Waals surface area (Å²) in [6, 6.07) is 32.0. The van der Waals surface area contributed by atoms with Crippen molar-refractivity contribution >= 4 is 11.8 Å². The highest BCUT2D eigenvalue weighted by Crippen LogP contribution is 2.53. The van der Waals surface area contributed by atoms with Crippen LogP contribution in [0, 0.1) is 10.8 Å². The Morgan fingerprint density at radius 3 is 2.16 bits per heavy atom. The summed E-state index contributed by atoms with van der Waals surface area (Å²) >= 11 is 0. The Bertz CT molecular complexity index is 1870. The molecule has 3 aliphatic heterocycles. The number of benzene rings is 4. The third-order valence-electron chi connectivity index (χ3n) is 11.2. The van der Waals surface area contributed by atoms with Gasteiger partial charge in [0.05, 0.1) is 36.5 Å². The van der Waals surface area contributed by atoms with E-state index in [4.69, 9.17) is 9.47 Å². The van der Waals surface area contributed by atoms with Gasteiger partial charge in [0.15, 0.2) is 6.29 Å². The van der Waals surface area contributed by atoms with Gasteiger partial charge in [-0.05, 0) is 76.1 Å². The highest BCUT2D eigenvalue weighted by Gasteiger charge is 2.50. The van der Waals surface area contributed by atoms with Crippen LogP contribution < -0.4 is 0 Å². The maximum Gasteiger partial charge on any atom is 0.261 e. The summed E-state index contributed by atoms with van der Waals surface area (Å²) in [7, 11) is 0. The number of amides is 2. The molecule has 5 atom stereocenters. The van der Waals surface area contributed by atoms with Gasteiger partial charge in [-0.15, -0.1) is 0 Å². The topological polar surface area (TPSA) is 79.3 Å². The Kier molecular flexibility index (Phi) is 8.51. The van der Waals surface area contributed by atoms with E-state index in [1.807, 2.05) is 36.4 Å². The predicted octanol–water partition coefficient (Wildman–Crippen LogP) is 8.09. The van der Waals surface area contributed by atoms with Gasteiger partial charge in [0.1, 0.15) is 0 Å². The van der Waals surface area contributed by atoms with Gasteiger partial charge in [0.2, 0.25) is 0 Å². The SMILES string of the molecule is CC1(C)CC2CC(C)(CN2C[C@H]2C[C@@H](c3ccc(CO)cc3)O[C@@H](c3ccc(-c4cccc(CN5C(=O)c6ccccc6C5=O)c4)cc3)O2)C1. The van der Waals surface area contributed by atoms with Gasteiger partial charge in [0.25, 0.3) is 11.8 Å². The molecule has 258 valence electrons. The van der Waals surface area contributed by atoms with Crippen molar-refractivity contribution in [1.29, 1.82) is 0 Å². The zero-order chi connectivity index (χ0) is 34.6. The lowest BCUT2D eigenvalue weighted by Gasteiger charge is -2.41. The minimum absolute atomic E-state index is 0.0147. The Hall–Kier alpha value is -4.14. The van der Waals surface area contributed by atoms with Gasteiger partial charge in [0, 0.05) is 31.1 Å². The number of hydrogen-bond donors (Lipinski definition) is 1. The van der Waals surface area contributed by atoms with Crippen LogP contribution in [0.5, 0.6) is 0 Å². The number of likely N-dealkylation sites (tertiary alicyclic amines) is 1. The molecule has 2 saturated heterocycles. The second kappa shape index (κ2) is 12.9. The summed E-state index contributed by atoms with van der Waals surface area (Å²) in [5.74, 6) is -0.501. The molecule has 4 aliphatic rings. The molecule has 4 aromatic rings. The molecule has 4 aromatic carbocycles. The van der Waals surface area contributed by atoms with Gasteiger partial charge < -0.3 is 14.6 Å². The number of carbonyl (C=O) groups is 2. The largest absolute Gasteiger partial charge is 0.392 e. The first kappa shape index (κ1) is 33.0. The van der Waals surface area contributed by atoms with Gasteiger partial charge in [-0.25, -0.2) is 0 Å². The van der Waals surface area contributed by atoms with Crippen LogP contribution in [0.3, 0.4) is 0 Å². The van der Waals surface area contributed by atoms with Crippen LogP contribution in [0.25, 0.3) is 11.1 Å². The molecule has 1 aliphatic carbocycles. The van der Waals surface area contributed by atoms with Crippen LogP contribution in [0.1, 0.15) is 102 Å². The molecule has 1 N–H and O–H groups in total. The van der Waals surface area contributed by atoms with E-state index >= 15 is 0 Å². The van der Waals surface area contributed by atoms with Crippen LogP contribution in [-0.2, 0) is 22.6 Å². The van der Waals surface area contributed by atoms with Gasteiger partial charge in [-0.1, -0.05) is 99.6 Å². The number of rotatable bonds is 8. The van der Waals surface area contributed by atoms with E-state index in [1.54, 1.807) is 24.3 Å². The highest BCUT2D eigenvalue weighted by atomic mass is 16.7. The lowest BCUT2D eigenvalue weighted by molar-refractivity contribution is -0.253. The number of fused-ring (bicyclic) bond motifs is 3. The number of imide groups is 1. The van der Waals surface area contributed by atoms with Crippen LogP contribution >= 0.6 is 0 Å². The average Bonchev–Trinajstić information content (AvgIpc) is 3.50. The number of carbonyl (C=O) groups excluding carboxylic acids is 2. The lowest BCUT2D eigenvalue weighted by Crippen LogP contribution is -2.42. The number of hydrogen-bond acceptors (Lipinski definition) is 6. The average molecular weight is 671 g/mol. The van der Waals surface area contributed by atoms with Crippen LogP contribution in [-0.4, -0.2) is 52.0 Å². The summed E-state index contributed by atoms with van der Waals surface area (Å²) in [6.45, 7) is 9.54. The van der Waals surface area contributed by atoms with Crippen molar-refractivity contribution in [2.45, 2.75) is 84.1 Å². The van der Waals surface area contributed by atoms with Crippen LogP contribution in [0.2, 0.25) is 0 Å². The fourth-order valence-electron chi connectivity index (χ4n) is 9.33. The number of aliphatic hydroxyl groups excluding tert-OH is 1. The summed E-state index contributed by atoms with van der Waals surface area (Å²) in [5.41, 5.74) is 7.51. The van der Waals surface area contributed by atoms with Crippen molar-refractivity contribution in [2.24, 2.45) is 10.8 Å². The lowest BCUT2D eigenvalue weighted by atomic mass is 9.65. The molecule has 2 amide bonds. The normalized spacial score (nSPS) is 27.5. The molecule has 2 unspecified atom stereocenters. The maximum absolute atomic E-state index is 13.0. The molecule has 3 fully saturated rings. The highest BCUT2D eigenvalue weighted by molar-refractivity contribution is 6.21. The van der Waals surface area contributed by atoms with E-state index < -0.39 is 6.29 Å². The van der Waals surface area contributed by atoms with Crippen molar-refractivity contribution in [3.8, 4) is 11.1 Å². The summed E-state index contributed by atoms with van der Waals surface area (Å²) in [5, 5.41) is 9.62. The Morgan fingerprint density at radius 1 is 0.760 bits per heavy atom. The first-order valence-electron chi connectivity index (χ1n) is 18.0. The molecular formula is C43H46N2O5. The predicted molar refractivity (Wildman–Crippen MR) is 192 cm³/mol. The van der Waals surface area contributed by atoms with Crippen molar-refractivity contribution in [2.75, 3.05) is 13.1 Å². The minimum atomic E-state index is -0.514. The molecule has 7 nitrogen and oxygen atoms in total. The van der Waals surface area contributed by atoms with Crippen LogP contribution in [0.15, 0.2) is 97.1 Å². The Balaban J connectivity index is 1.00. The van der Waals surface area contributed by atoms with E-state index in [0.29, 0.717) is 28.0 Å². The zero-order valence-corrected chi connectivity index (χ0v) is 29.2. The third kappa shape index (κ3) is 6.44. The first-order chi connectivity index (χ1) is 24.1. The summed E-state index contributed by atoms with van der Waals surface area (Å²) in [4.78, 5) is 30.0. The second-order valence-electron chi connectivity index (χ2n) is 16.1. The molecule has 1 saturated carbocycles. The van der Waals surface area contributed by atoms with E-state index in [2.05, 4.69) is 62.1 Å².